The fourth-order valence-electron chi connectivity index (χ4n) is 1.51. The highest BCUT2D eigenvalue weighted by Crippen LogP contribution is 2.22. The first kappa shape index (κ1) is 13.5. The molecule has 0 aliphatic rings. The van der Waals surface area contributed by atoms with Crippen LogP contribution in [0.15, 0.2) is 21.9 Å². The van der Waals surface area contributed by atoms with Crippen LogP contribution in [0.2, 0.25) is 5.15 Å². The second kappa shape index (κ2) is 4.62. The van der Waals surface area contributed by atoms with Gasteiger partial charge in [-0.3, -0.25) is 9.59 Å². The van der Waals surface area contributed by atoms with Crippen molar-refractivity contribution in [1.82, 2.24) is 9.97 Å². The predicted molar refractivity (Wildman–Crippen MR) is 75.1 cm³/mol. The molecule has 0 radical (unpaired) electrons. The fourth-order valence-corrected chi connectivity index (χ4v) is 1.65. The molecule has 7 heteroatoms. The number of nitrogens with one attached hydrogen (secondary N) is 2. The van der Waals surface area contributed by atoms with Crippen molar-refractivity contribution in [3.05, 3.63) is 37.9 Å². The van der Waals surface area contributed by atoms with Crippen LogP contribution < -0.4 is 21.5 Å². The molecule has 19 heavy (non-hydrogen) atoms. The lowest BCUT2D eigenvalue weighted by Gasteiger charge is -2.24. The van der Waals surface area contributed by atoms with Crippen LogP contribution >= 0.6 is 11.6 Å². The molecule has 0 aliphatic heterocycles. The van der Waals surface area contributed by atoms with E-state index in [1.165, 1.54) is 12.3 Å². The van der Waals surface area contributed by atoms with E-state index >= 15 is 0 Å². The third-order valence-electron chi connectivity index (χ3n) is 2.27. The first-order valence-corrected chi connectivity index (χ1v) is 6.03. The van der Waals surface area contributed by atoms with Gasteiger partial charge in [-0.25, -0.2) is 9.97 Å². The monoisotopic (exact) mass is 280 g/mol. The molecule has 0 spiro atoms. The lowest BCUT2D eigenvalue weighted by Crippen LogP contribution is -2.41. The quantitative estimate of drug-likeness (QED) is 0.657. The van der Waals surface area contributed by atoms with Crippen LogP contribution in [0, 0.1) is 0 Å². The number of halogens is 1. The highest BCUT2D eigenvalue weighted by molar-refractivity contribution is 6.29. The third-order valence-corrected chi connectivity index (χ3v) is 2.48. The van der Waals surface area contributed by atoms with Gasteiger partial charge in [-0.15, -0.1) is 0 Å². The van der Waals surface area contributed by atoms with Crippen molar-refractivity contribution >= 4 is 28.9 Å². The minimum atomic E-state index is -0.588. The number of hydrogen-bond acceptors (Lipinski definition) is 6. The average Bonchev–Trinajstić information content (AvgIpc) is 2.32. The molecular formula is C12H13ClN4O2. The summed E-state index contributed by atoms with van der Waals surface area (Å²) in [5, 5.41) is 5.94. The molecular weight excluding hydrogens is 268 g/mol. The Bertz CT molecular complexity index is 684. The molecule has 0 fully saturated rings. The summed E-state index contributed by atoms with van der Waals surface area (Å²) in [5.41, 5.74) is -1.04. The Morgan fingerprint density at radius 1 is 1.16 bits per heavy atom. The Hall–Kier alpha value is -1.95. The lowest BCUT2D eigenvalue weighted by atomic mass is 10.1. The van der Waals surface area contributed by atoms with Crippen LogP contribution in [0.25, 0.3) is 0 Å². The maximum Gasteiger partial charge on any atom is 0.253 e. The number of nitrogens with zero attached hydrogens (tertiary/aromatic N) is 2. The molecule has 0 bridgehead atoms. The van der Waals surface area contributed by atoms with Gasteiger partial charge in [0.05, 0.1) is 0 Å². The molecule has 0 unspecified atom stereocenters. The van der Waals surface area contributed by atoms with E-state index in [9.17, 15) is 9.59 Å². The standard InChI is InChI=1S/C12H13ClN4O2/c1-12(2,3)17-8-7(9(18)10(8)19)16-11-14-5-4-6(13)15-11/h4-5,17H,1-3H3,(H,14,15,16). The topological polar surface area (TPSA) is 84.0 Å². The van der Waals surface area contributed by atoms with Crippen molar-refractivity contribution in [2.24, 2.45) is 0 Å². The Kier molecular flexibility index (Phi) is 3.28. The van der Waals surface area contributed by atoms with Crippen LogP contribution in [0.1, 0.15) is 20.8 Å². The van der Waals surface area contributed by atoms with Crippen molar-refractivity contribution in [2.75, 3.05) is 10.6 Å². The number of anilines is 3. The van der Waals surface area contributed by atoms with E-state index in [1.54, 1.807) is 0 Å². The SMILES string of the molecule is CC(C)(C)Nc1c(Nc2nccc(Cl)n2)c(=O)c1=O. The van der Waals surface area contributed by atoms with Crippen molar-refractivity contribution in [1.29, 1.82) is 0 Å². The largest absolute Gasteiger partial charge is 0.375 e. The lowest BCUT2D eigenvalue weighted by molar-refractivity contribution is 0.632. The second-order valence-electron chi connectivity index (χ2n) is 5.11. The summed E-state index contributed by atoms with van der Waals surface area (Å²) in [5.74, 6) is 0.177. The van der Waals surface area contributed by atoms with Crippen LogP contribution in [0.5, 0.6) is 0 Å². The van der Waals surface area contributed by atoms with Crippen molar-refractivity contribution in [2.45, 2.75) is 26.3 Å². The molecule has 0 saturated carbocycles. The summed E-state index contributed by atoms with van der Waals surface area (Å²) in [4.78, 5) is 30.9. The Morgan fingerprint density at radius 3 is 2.37 bits per heavy atom. The zero-order chi connectivity index (χ0) is 14.2. The minimum Gasteiger partial charge on any atom is -0.375 e. The van der Waals surface area contributed by atoms with Gasteiger partial charge in [0, 0.05) is 11.7 Å². The smallest absolute Gasteiger partial charge is 0.253 e. The number of rotatable bonds is 3. The van der Waals surface area contributed by atoms with E-state index in [0.717, 1.165) is 0 Å². The van der Waals surface area contributed by atoms with Gasteiger partial charge >= 0.3 is 0 Å². The van der Waals surface area contributed by atoms with Gasteiger partial charge in [0.1, 0.15) is 16.5 Å². The first-order valence-electron chi connectivity index (χ1n) is 5.65. The third kappa shape index (κ3) is 2.90. The van der Waals surface area contributed by atoms with Gasteiger partial charge < -0.3 is 10.6 Å². The maximum atomic E-state index is 11.5. The average molecular weight is 281 g/mol. The summed E-state index contributed by atoms with van der Waals surface area (Å²) in [6.07, 6.45) is 1.46. The van der Waals surface area contributed by atoms with Gasteiger partial charge in [-0.1, -0.05) is 11.6 Å². The molecule has 2 aromatic rings. The maximum absolute atomic E-state index is 11.5. The van der Waals surface area contributed by atoms with Gasteiger partial charge in [0.2, 0.25) is 5.95 Å². The van der Waals surface area contributed by atoms with E-state index in [2.05, 4.69) is 20.6 Å². The number of aromatic nitrogens is 2. The fraction of sp³-hybridized carbons (Fsp3) is 0.333. The molecule has 0 atom stereocenters. The van der Waals surface area contributed by atoms with E-state index in [0.29, 0.717) is 0 Å². The molecule has 0 amide bonds. The second-order valence-corrected chi connectivity index (χ2v) is 5.50. The van der Waals surface area contributed by atoms with E-state index < -0.39 is 10.9 Å². The zero-order valence-corrected chi connectivity index (χ0v) is 11.5. The van der Waals surface area contributed by atoms with Gasteiger partial charge in [-0.2, -0.15) is 0 Å². The van der Waals surface area contributed by atoms with Crippen LogP contribution in [-0.4, -0.2) is 15.5 Å². The Labute approximate surface area is 114 Å². The molecule has 1 aromatic heterocycles. The highest BCUT2D eigenvalue weighted by atomic mass is 35.5. The van der Waals surface area contributed by atoms with Crippen molar-refractivity contribution in [3.8, 4) is 0 Å². The first-order chi connectivity index (χ1) is 8.78. The molecule has 6 nitrogen and oxygen atoms in total. The highest BCUT2D eigenvalue weighted by Gasteiger charge is 2.25. The summed E-state index contributed by atoms with van der Waals surface area (Å²) < 4.78 is 0. The van der Waals surface area contributed by atoms with E-state index in [-0.39, 0.29) is 28.0 Å². The van der Waals surface area contributed by atoms with Crippen molar-refractivity contribution in [3.63, 3.8) is 0 Å². The summed E-state index contributed by atoms with van der Waals surface area (Å²) in [7, 11) is 0. The molecule has 0 saturated heterocycles. The van der Waals surface area contributed by atoms with Crippen LogP contribution in [-0.2, 0) is 0 Å². The number of hydrogen-bond donors (Lipinski definition) is 2. The molecule has 100 valence electrons. The van der Waals surface area contributed by atoms with Crippen LogP contribution in [0.4, 0.5) is 17.3 Å². The molecule has 2 rings (SSSR count). The summed E-state index contributed by atoms with van der Waals surface area (Å²) >= 11 is 5.72. The molecule has 1 aromatic carbocycles. The van der Waals surface area contributed by atoms with Gasteiger partial charge in [-0.05, 0) is 26.8 Å². The Balaban J connectivity index is 2.29. The van der Waals surface area contributed by atoms with Gasteiger partial charge in [0.15, 0.2) is 0 Å². The molecule has 2 N–H and O–H groups in total. The van der Waals surface area contributed by atoms with E-state index in [4.69, 9.17) is 11.6 Å². The zero-order valence-electron chi connectivity index (χ0n) is 10.7. The summed E-state index contributed by atoms with van der Waals surface area (Å²) in [6, 6.07) is 1.52. The Morgan fingerprint density at radius 2 is 1.79 bits per heavy atom. The van der Waals surface area contributed by atoms with Crippen molar-refractivity contribution < 1.29 is 0 Å². The molecule has 0 aliphatic carbocycles. The normalized spacial score (nSPS) is 11.6. The molecule has 1 heterocycles. The minimum absolute atomic E-state index is 0.169. The van der Waals surface area contributed by atoms with E-state index in [1.807, 2.05) is 20.8 Å². The van der Waals surface area contributed by atoms with Crippen LogP contribution in [0.3, 0.4) is 0 Å². The predicted octanol–water partition coefficient (Wildman–Crippen LogP) is 1.68. The van der Waals surface area contributed by atoms with Gasteiger partial charge in [0.25, 0.3) is 10.9 Å². The summed E-state index contributed by atoms with van der Waals surface area (Å²) in [6.45, 7) is 5.68.